The molecule has 4 rings (SSSR count). The minimum Gasteiger partial charge on any atom is -0.486 e. The van der Waals surface area contributed by atoms with Crippen LogP contribution in [0, 0.1) is 11.8 Å². The molecule has 2 aliphatic heterocycles. The van der Waals surface area contributed by atoms with Gasteiger partial charge >= 0.3 is 0 Å². The maximum Gasteiger partial charge on any atom is 0.227 e. The second-order valence-electron chi connectivity index (χ2n) is 7.61. The standard InChI is InChI=1S/C20H26N2O4/c1-13-4-2-3-5-16(13)21-20(24)14-10-19(23)22(12-14)15-6-7-17-18(11-15)26-9-8-25-17/h6-7,11,13-14,16H,2-5,8-10,12H2,1H3,(H,21,24)/t13-,14-,16-/m1/s1. The van der Waals surface area contributed by atoms with Crippen LogP contribution in [0.2, 0.25) is 0 Å². The van der Waals surface area contributed by atoms with Gasteiger partial charge in [0.2, 0.25) is 11.8 Å². The Hall–Kier alpha value is -2.24. The summed E-state index contributed by atoms with van der Waals surface area (Å²) in [6.45, 7) is 3.67. The van der Waals surface area contributed by atoms with Gasteiger partial charge in [-0.15, -0.1) is 0 Å². The third-order valence-electron chi connectivity index (χ3n) is 5.77. The lowest BCUT2D eigenvalue weighted by molar-refractivity contribution is -0.127. The van der Waals surface area contributed by atoms with Gasteiger partial charge in [0.15, 0.2) is 11.5 Å². The molecule has 6 nitrogen and oxygen atoms in total. The minimum atomic E-state index is -0.287. The molecule has 1 saturated heterocycles. The number of fused-ring (bicyclic) bond motifs is 1. The number of carbonyl (C=O) groups is 2. The van der Waals surface area contributed by atoms with Crippen LogP contribution in [-0.2, 0) is 9.59 Å². The monoisotopic (exact) mass is 358 g/mol. The van der Waals surface area contributed by atoms with Crippen LogP contribution in [-0.4, -0.2) is 37.6 Å². The van der Waals surface area contributed by atoms with Crippen LogP contribution in [0.25, 0.3) is 0 Å². The zero-order valence-electron chi connectivity index (χ0n) is 15.2. The molecule has 0 unspecified atom stereocenters. The molecule has 6 heteroatoms. The lowest BCUT2D eigenvalue weighted by Gasteiger charge is -2.30. The first-order chi connectivity index (χ1) is 12.6. The summed E-state index contributed by atoms with van der Waals surface area (Å²) in [5, 5.41) is 3.19. The van der Waals surface area contributed by atoms with E-state index in [1.807, 2.05) is 18.2 Å². The summed E-state index contributed by atoms with van der Waals surface area (Å²) < 4.78 is 11.1. The molecule has 0 aromatic heterocycles. The van der Waals surface area contributed by atoms with Crippen molar-refractivity contribution in [1.82, 2.24) is 5.32 Å². The van der Waals surface area contributed by atoms with E-state index in [0.717, 1.165) is 18.5 Å². The van der Waals surface area contributed by atoms with Gasteiger partial charge in [-0.1, -0.05) is 19.8 Å². The molecule has 1 aliphatic carbocycles. The molecular weight excluding hydrogens is 332 g/mol. The van der Waals surface area contributed by atoms with Gasteiger partial charge in [0, 0.05) is 30.8 Å². The van der Waals surface area contributed by atoms with E-state index < -0.39 is 0 Å². The van der Waals surface area contributed by atoms with Crippen LogP contribution in [0.4, 0.5) is 5.69 Å². The predicted molar refractivity (Wildman–Crippen MR) is 97.5 cm³/mol. The van der Waals surface area contributed by atoms with Gasteiger partial charge in [-0.2, -0.15) is 0 Å². The Morgan fingerprint density at radius 1 is 1.15 bits per heavy atom. The van der Waals surface area contributed by atoms with E-state index in [0.29, 0.717) is 37.2 Å². The topological polar surface area (TPSA) is 67.9 Å². The molecule has 1 aromatic rings. The van der Waals surface area contributed by atoms with E-state index in [-0.39, 0.29) is 30.2 Å². The number of nitrogens with zero attached hydrogens (tertiary/aromatic N) is 1. The zero-order valence-corrected chi connectivity index (χ0v) is 15.2. The SMILES string of the molecule is C[C@@H]1CCCC[C@H]1NC(=O)[C@@H]1CC(=O)N(c2ccc3c(c2)OCCO3)C1. The molecule has 1 N–H and O–H groups in total. The number of benzene rings is 1. The first-order valence-corrected chi connectivity index (χ1v) is 9.62. The van der Waals surface area contributed by atoms with Gasteiger partial charge in [0.1, 0.15) is 13.2 Å². The maximum absolute atomic E-state index is 12.7. The number of carbonyl (C=O) groups excluding carboxylic acids is 2. The van der Waals surface area contributed by atoms with E-state index >= 15 is 0 Å². The van der Waals surface area contributed by atoms with Crippen molar-refractivity contribution in [2.75, 3.05) is 24.7 Å². The van der Waals surface area contributed by atoms with Crippen molar-refractivity contribution < 1.29 is 19.1 Å². The summed E-state index contributed by atoms with van der Waals surface area (Å²) in [4.78, 5) is 26.9. The summed E-state index contributed by atoms with van der Waals surface area (Å²) >= 11 is 0. The van der Waals surface area contributed by atoms with E-state index in [1.165, 1.54) is 12.8 Å². The second-order valence-corrected chi connectivity index (χ2v) is 7.61. The van der Waals surface area contributed by atoms with E-state index in [1.54, 1.807) is 4.90 Å². The van der Waals surface area contributed by atoms with Crippen molar-refractivity contribution in [3.05, 3.63) is 18.2 Å². The van der Waals surface area contributed by atoms with Crippen molar-refractivity contribution >= 4 is 17.5 Å². The molecular formula is C20H26N2O4. The lowest BCUT2D eigenvalue weighted by atomic mass is 9.85. The van der Waals surface area contributed by atoms with E-state index in [2.05, 4.69) is 12.2 Å². The highest BCUT2D eigenvalue weighted by Crippen LogP contribution is 2.36. The van der Waals surface area contributed by atoms with Gasteiger partial charge in [-0.25, -0.2) is 0 Å². The molecule has 1 aromatic carbocycles. The summed E-state index contributed by atoms with van der Waals surface area (Å²) in [5.74, 6) is 1.58. The van der Waals surface area contributed by atoms with E-state index in [9.17, 15) is 9.59 Å². The average molecular weight is 358 g/mol. The van der Waals surface area contributed by atoms with Crippen molar-refractivity contribution in [2.24, 2.45) is 11.8 Å². The van der Waals surface area contributed by atoms with Crippen LogP contribution < -0.4 is 19.7 Å². The molecule has 2 heterocycles. The van der Waals surface area contributed by atoms with Crippen LogP contribution in [0.3, 0.4) is 0 Å². The van der Waals surface area contributed by atoms with Crippen molar-refractivity contribution in [1.29, 1.82) is 0 Å². The number of hydrogen-bond acceptors (Lipinski definition) is 4. The first-order valence-electron chi connectivity index (χ1n) is 9.62. The van der Waals surface area contributed by atoms with Crippen molar-refractivity contribution in [3.63, 3.8) is 0 Å². The highest BCUT2D eigenvalue weighted by atomic mass is 16.6. The second kappa shape index (κ2) is 7.17. The van der Waals surface area contributed by atoms with Gasteiger partial charge in [0.05, 0.1) is 5.92 Å². The number of anilines is 1. The van der Waals surface area contributed by atoms with Gasteiger partial charge in [-0.3, -0.25) is 9.59 Å². The Morgan fingerprint density at radius 3 is 2.73 bits per heavy atom. The fourth-order valence-corrected chi connectivity index (χ4v) is 4.16. The smallest absolute Gasteiger partial charge is 0.227 e. The minimum absolute atomic E-state index is 0.0112. The van der Waals surface area contributed by atoms with Crippen molar-refractivity contribution in [3.8, 4) is 11.5 Å². The maximum atomic E-state index is 12.7. The van der Waals surface area contributed by atoms with Crippen LogP contribution in [0.15, 0.2) is 18.2 Å². The van der Waals surface area contributed by atoms with Crippen LogP contribution in [0.1, 0.15) is 39.0 Å². The van der Waals surface area contributed by atoms with E-state index in [4.69, 9.17) is 9.47 Å². The summed E-state index contributed by atoms with van der Waals surface area (Å²) in [7, 11) is 0. The average Bonchev–Trinajstić information content (AvgIpc) is 3.05. The lowest BCUT2D eigenvalue weighted by Crippen LogP contribution is -2.44. The van der Waals surface area contributed by atoms with Gasteiger partial charge < -0.3 is 19.7 Å². The zero-order chi connectivity index (χ0) is 18.1. The highest BCUT2D eigenvalue weighted by molar-refractivity contribution is 6.00. The number of nitrogens with one attached hydrogen (secondary N) is 1. The van der Waals surface area contributed by atoms with Gasteiger partial charge in [0.25, 0.3) is 0 Å². The fourth-order valence-electron chi connectivity index (χ4n) is 4.16. The number of hydrogen-bond donors (Lipinski definition) is 1. The molecule has 0 radical (unpaired) electrons. The Kier molecular flexibility index (Phi) is 4.74. The molecule has 0 spiro atoms. The number of ether oxygens (including phenoxy) is 2. The summed E-state index contributed by atoms with van der Waals surface area (Å²) in [6.07, 6.45) is 4.88. The Bertz CT molecular complexity index is 705. The molecule has 2 amide bonds. The normalized spacial score (nSPS) is 28.1. The Morgan fingerprint density at radius 2 is 1.92 bits per heavy atom. The predicted octanol–water partition coefficient (Wildman–Crippen LogP) is 2.51. The largest absolute Gasteiger partial charge is 0.486 e. The fraction of sp³-hybridized carbons (Fsp3) is 0.600. The molecule has 2 fully saturated rings. The third kappa shape index (κ3) is 3.37. The molecule has 140 valence electrons. The molecule has 0 bridgehead atoms. The summed E-state index contributed by atoms with van der Waals surface area (Å²) in [6, 6.07) is 5.76. The summed E-state index contributed by atoms with van der Waals surface area (Å²) in [5.41, 5.74) is 0.764. The number of amides is 2. The quantitative estimate of drug-likeness (QED) is 0.901. The molecule has 26 heavy (non-hydrogen) atoms. The van der Waals surface area contributed by atoms with Crippen LogP contribution in [0.5, 0.6) is 11.5 Å². The van der Waals surface area contributed by atoms with Crippen molar-refractivity contribution in [2.45, 2.75) is 45.1 Å². The Balaban J connectivity index is 1.42. The van der Waals surface area contributed by atoms with Crippen LogP contribution >= 0.6 is 0 Å². The highest BCUT2D eigenvalue weighted by Gasteiger charge is 2.37. The third-order valence-corrected chi connectivity index (χ3v) is 5.77. The van der Waals surface area contributed by atoms with Gasteiger partial charge in [-0.05, 0) is 30.9 Å². The molecule has 1 saturated carbocycles. The molecule has 3 aliphatic rings. The number of rotatable bonds is 3. The first kappa shape index (κ1) is 17.2. The Labute approximate surface area is 153 Å². The molecule has 3 atom stereocenters.